The topological polar surface area (TPSA) is 49.9 Å². The largest absolute Gasteiger partial charge is 0.450 e. The normalized spacial score (nSPS) is 22.2. The van der Waals surface area contributed by atoms with E-state index < -0.39 is 5.60 Å². The zero-order valence-electron chi connectivity index (χ0n) is 15.9. The van der Waals surface area contributed by atoms with Crippen LogP contribution < -0.4 is 0 Å². The second-order valence-corrected chi connectivity index (χ2v) is 7.71. The molecule has 3 aliphatic heterocycles. The maximum absolute atomic E-state index is 13.6. The van der Waals surface area contributed by atoms with Crippen molar-refractivity contribution in [1.82, 2.24) is 9.80 Å². The highest BCUT2D eigenvalue weighted by atomic mass is 19.1. The van der Waals surface area contributed by atoms with E-state index in [-0.39, 0.29) is 17.7 Å². The number of carbonyl (C=O) groups excluding carboxylic acids is 2. The minimum Gasteiger partial charge on any atom is -0.450 e. The van der Waals surface area contributed by atoms with Crippen molar-refractivity contribution in [3.05, 3.63) is 46.3 Å². The van der Waals surface area contributed by atoms with E-state index in [0.29, 0.717) is 43.5 Å². The van der Waals surface area contributed by atoms with Crippen LogP contribution in [0, 0.1) is 5.82 Å². The Bertz CT molecular complexity index is 825. The fourth-order valence-corrected chi connectivity index (χ4v) is 4.54. The highest BCUT2D eigenvalue weighted by molar-refractivity contribution is 6.07. The molecule has 1 fully saturated rings. The van der Waals surface area contributed by atoms with Crippen LogP contribution in [-0.2, 0) is 27.3 Å². The molecular weight excluding hydrogens is 347 g/mol. The molecule has 1 amide bonds. The molecule has 1 saturated heterocycles. The van der Waals surface area contributed by atoms with Gasteiger partial charge >= 0.3 is 5.97 Å². The second kappa shape index (κ2) is 6.75. The number of likely N-dealkylation sites (tertiary alicyclic amines) is 1. The summed E-state index contributed by atoms with van der Waals surface area (Å²) in [6.07, 6.45) is 1.98. The Balaban J connectivity index is 1.61. The Morgan fingerprint density at radius 2 is 1.96 bits per heavy atom. The fraction of sp³-hybridized carbons (Fsp3) is 0.524. The van der Waals surface area contributed by atoms with Crippen LogP contribution >= 0.6 is 0 Å². The van der Waals surface area contributed by atoms with E-state index in [1.54, 1.807) is 17.9 Å². The summed E-state index contributed by atoms with van der Waals surface area (Å²) in [5.41, 5.74) is 2.06. The highest BCUT2D eigenvalue weighted by Gasteiger charge is 2.51. The number of hydrogen-bond acceptors (Lipinski definition) is 4. The Kier molecular flexibility index (Phi) is 4.54. The molecule has 0 aliphatic carbocycles. The van der Waals surface area contributed by atoms with Gasteiger partial charge < -0.3 is 14.5 Å². The first-order valence-electron chi connectivity index (χ1n) is 9.67. The van der Waals surface area contributed by atoms with E-state index in [0.717, 1.165) is 30.8 Å². The average Bonchev–Trinajstić information content (AvgIpc) is 2.91. The van der Waals surface area contributed by atoms with Crippen molar-refractivity contribution >= 4 is 11.9 Å². The number of hydrogen-bond donors (Lipinski definition) is 0. The molecule has 144 valence electrons. The van der Waals surface area contributed by atoms with Crippen molar-refractivity contribution < 1.29 is 18.7 Å². The Labute approximate surface area is 158 Å². The number of rotatable bonds is 2. The first kappa shape index (κ1) is 18.2. The van der Waals surface area contributed by atoms with Crippen molar-refractivity contribution in [3.63, 3.8) is 0 Å². The summed E-state index contributed by atoms with van der Waals surface area (Å²) in [5.74, 6) is -0.814. The molecule has 0 bridgehead atoms. The van der Waals surface area contributed by atoms with Gasteiger partial charge in [-0.3, -0.25) is 4.79 Å². The van der Waals surface area contributed by atoms with Gasteiger partial charge in [-0.1, -0.05) is 13.0 Å². The maximum atomic E-state index is 13.6. The lowest BCUT2D eigenvalue weighted by molar-refractivity contribution is -0.151. The molecule has 0 saturated carbocycles. The number of amides is 1. The third-order valence-electron chi connectivity index (χ3n) is 6.22. The van der Waals surface area contributed by atoms with Crippen LogP contribution in [0.1, 0.15) is 37.8 Å². The zero-order valence-corrected chi connectivity index (χ0v) is 15.9. The molecule has 5 nitrogen and oxygen atoms in total. The van der Waals surface area contributed by atoms with E-state index in [1.165, 1.54) is 12.1 Å². The summed E-state index contributed by atoms with van der Waals surface area (Å²) in [6, 6.07) is 4.76. The molecule has 1 spiro atoms. The van der Waals surface area contributed by atoms with Gasteiger partial charge in [0, 0.05) is 44.6 Å². The minimum absolute atomic E-state index is 0.141. The predicted molar refractivity (Wildman–Crippen MR) is 98.4 cm³/mol. The number of carbonyl (C=O) groups is 2. The fourth-order valence-electron chi connectivity index (χ4n) is 4.54. The molecule has 1 aromatic carbocycles. The third kappa shape index (κ3) is 3.06. The van der Waals surface area contributed by atoms with Crippen LogP contribution in [0.2, 0.25) is 0 Å². The number of benzene rings is 1. The SMILES string of the molecule is CCN1CCC2(CC1)OC(=O)C(C)=C2C(=O)N1CCc2ccc(F)cc2C1. The van der Waals surface area contributed by atoms with Crippen molar-refractivity contribution in [2.45, 2.75) is 45.3 Å². The van der Waals surface area contributed by atoms with Crippen LogP contribution in [0.5, 0.6) is 0 Å². The van der Waals surface area contributed by atoms with E-state index >= 15 is 0 Å². The molecular formula is C21H25FN2O3. The van der Waals surface area contributed by atoms with Gasteiger partial charge in [0.25, 0.3) is 5.91 Å². The molecule has 6 heteroatoms. The lowest BCUT2D eigenvalue weighted by atomic mass is 9.82. The summed E-state index contributed by atoms with van der Waals surface area (Å²) < 4.78 is 19.4. The van der Waals surface area contributed by atoms with Crippen molar-refractivity contribution in [2.24, 2.45) is 0 Å². The number of nitrogens with zero attached hydrogens (tertiary/aromatic N) is 2. The number of esters is 1. The Morgan fingerprint density at radius 1 is 1.22 bits per heavy atom. The molecule has 0 unspecified atom stereocenters. The van der Waals surface area contributed by atoms with E-state index in [9.17, 15) is 14.0 Å². The van der Waals surface area contributed by atoms with Gasteiger partial charge in [-0.2, -0.15) is 0 Å². The van der Waals surface area contributed by atoms with Gasteiger partial charge in [-0.15, -0.1) is 0 Å². The number of halogens is 1. The molecule has 27 heavy (non-hydrogen) atoms. The first-order valence-corrected chi connectivity index (χ1v) is 9.67. The molecule has 4 rings (SSSR count). The highest BCUT2D eigenvalue weighted by Crippen LogP contribution is 2.42. The van der Waals surface area contributed by atoms with E-state index in [4.69, 9.17) is 4.74 Å². The molecule has 0 atom stereocenters. The van der Waals surface area contributed by atoms with Gasteiger partial charge in [0.15, 0.2) is 0 Å². The summed E-state index contributed by atoms with van der Waals surface area (Å²) in [5, 5.41) is 0. The summed E-state index contributed by atoms with van der Waals surface area (Å²) in [4.78, 5) is 29.8. The lowest BCUT2D eigenvalue weighted by Gasteiger charge is -2.40. The Morgan fingerprint density at radius 3 is 2.67 bits per heavy atom. The molecule has 1 aromatic rings. The smallest absolute Gasteiger partial charge is 0.335 e. The zero-order chi connectivity index (χ0) is 19.2. The quantitative estimate of drug-likeness (QED) is 0.749. The lowest BCUT2D eigenvalue weighted by Crippen LogP contribution is -2.49. The van der Waals surface area contributed by atoms with Crippen LogP contribution in [0.15, 0.2) is 29.3 Å². The predicted octanol–water partition coefficient (Wildman–Crippen LogP) is 2.44. The molecule has 0 radical (unpaired) electrons. The summed E-state index contributed by atoms with van der Waals surface area (Å²) >= 11 is 0. The van der Waals surface area contributed by atoms with Crippen LogP contribution in [0.25, 0.3) is 0 Å². The monoisotopic (exact) mass is 372 g/mol. The number of ether oxygens (including phenoxy) is 1. The van der Waals surface area contributed by atoms with Gasteiger partial charge in [0.1, 0.15) is 11.4 Å². The number of piperidine rings is 1. The van der Waals surface area contributed by atoms with Gasteiger partial charge in [0.2, 0.25) is 0 Å². The van der Waals surface area contributed by atoms with Crippen molar-refractivity contribution in [2.75, 3.05) is 26.2 Å². The maximum Gasteiger partial charge on any atom is 0.335 e. The van der Waals surface area contributed by atoms with Gasteiger partial charge in [-0.25, -0.2) is 9.18 Å². The molecule has 0 N–H and O–H groups in total. The molecule has 0 aromatic heterocycles. The van der Waals surface area contributed by atoms with Crippen molar-refractivity contribution in [1.29, 1.82) is 0 Å². The van der Waals surface area contributed by atoms with Gasteiger partial charge in [-0.05, 0) is 43.1 Å². The van der Waals surface area contributed by atoms with Gasteiger partial charge in [0.05, 0.1) is 5.57 Å². The van der Waals surface area contributed by atoms with Crippen LogP contribution in [-0.4, -0.2) is 53.5 Å². The molecule has 3 aliphatic rings. The summed E-state index contributed by atoms with van der Waals surface area (Å²) in [6.45, 7) is 7.30. The average molecular weight is 372 g/mol. The van der Waals surface area contributed by atoms with E-state index in [1.807, 2.05) is 0 Å². The molecule has 3 heterocycles. The second-order valence-electron chi connectivity index (χ2n) is 7.71. The Hall–Kier alpha value is -2.21. The summed E-state index contributed by atoms with van der Waals surface area (Å²) in [7, 11) is 0. The van der Waals surface area contributed by atoms with Crippen LogP contribution in [0.4, 0.5) is 4.39 Å². The number of fused-ring (bicyclic) bond motifs is 1. The van der Waals surface area contributed by atoms with Crippen LogP contribution in [0.3, 0.4) is 0 Å². The third-order valence-corrected chi connectivity index (χ3v) is 6.22. The standard InChI is InChI=1S/C21H25FN2O3/c1-3-23-10-7-21(8-11-23)18(14(2)20(26)27-21)19(25)24-9-6-15-4-5-17(22)12-16(15)13-24/h4-5,12H,3,6-11,13H2,1-2H3. The minimum atomic E-state index is -0.799. The van der Waals surface area contributed by atoms with Crippen molar-refractivity contribution in [3.8, 4) is 0 Å². The van der Waals surface area contributed by atoms with E-state index in [2.05, 4.69) is 11.8 Å². The first-order chi connectivity index (χ1) is 12.9.